The predicted molar refractivity (Wildman–Crippen MR) is 38.8 cm³/mol. The molecule has 1 fully saturated rings. The van der Waals surface area contributed by atoms with Crippen LogP contribution < -0.4 is 0 Å². The fraction of sp³-hybridized carbons (Fsp3) is 0. The first-order chi connectivity index (χ1) is 4.31. The summed E-state index contributed by atoms with van der Waals surface area (Å²) in [6, 6.07) is 0. The van der Waals surface area contributed by atoms with Crippen LogP contribution in [0.15, 0.2) is 4.40 Å². The summed E-state index contributed by atoms with van der Waals surface area (Å²) in [4.78, 5) is 10.2. The first-order valence-corrected chi connectivity index (χ1v) is 6.13. The van der Waals surface area contributed by atoms with Gasteiger partial charge in [-0.2, -0.15) is 9.19 Å². The Morgan fingerprint density at radius 2 is 2.44 bits per heavy atom. The quantitative estimate of drug-likeness (QED) is 0.425. The average molecular weight is 183 g/mol. The van der Waals surface area contributed by atoms with Crippen LogP contribution in [0.4, 0.5) is 4.79 Å². The number of carbonyl (C=O) groups is 1. The van der Waals surface area contributed by atoms with Gasteiger partial charge < -0.3 is 0 Å². The largest absolute Gasteiger partial charge is 0.556 e. The van der Waals surface area contributed by atoms with Crippen LogP contribution in [0.25, 0.3) is 0 Å². The molecule has 0 aliphatic carbocycles. The molecule has 0 radical (unpaired) electrons. The molecule has 0 saturated carbocycles. The Morgan fingerprint density at radius 1 is 1.67 bits per heavy atom. The molecule has 0 bridgehead atoms. The van der Waals surface area contributed by atoms with Crippen molar-refractivity contribution in [2.45, 2.75) is 0 Å². The van der Waals surface area contributed by atoms with Gasteiger partial charge in [-0.25, -0.2) is 0 Å². The highest BCUT2D eigenvalue weighted by molar-refractivity contribution is 9.21. The van der Waals surface area contributed by atoms with Gasteiger partial charge in [-0.1, -0.05) is 0 Å². The van der Waals surface area contributed by atoms with E-state index in [0.717, 1.165) is 0 Å². The van der Waals surface area contributed by atoms with Gasteiger partial charge in [0.25, 0.3) is 0 Å². The maximum atomic E-state index is 10.2. The molecule has 0 aromatic rings. The molecule has 0 amide bonds. The first kappa shape index (κ1) is 5.75. The SMILES string of the molecule is O=C1OS2(C=NSS2)O1. The summed E-state index contributed by atoms with van der Waals surface area (Å²) < 4.78 is 13.2. The number of carbonyl (C=O) groups excluding carboxylic acids is 1. The minimum absolute atomic E-state index is 0.591. The lowest BCUT2D eigenvalue weighted by Gasteiger charge is -2.37. The van der Waals surface area contributed by atoms with Gasteiger partial charge in [0, 0.05) is 0 Å². The molecule has 50 valence electrons. The second kappa shape index (κ2) is 1.74. The molecule has 4 nitrogen and oxygen atoms in total. The van der Waals surface area contributed by atoms with Gasteiger partial charge >= 0.3 is 6.16 Å². The molecule has 1 spiro atoms. The normalized spacial score (nSPS) is 30.9. The smallest absolute Gasteiger partial charge is 0.292 e. The van der Waals surface area contributed by atoms with Crippen molar-refractivity contribution in [3.05, 3.63) is 0 Å². The molecule has 1 saturated heterocycles. The number of hydrogen-bond donors (Lipinski definition) is 0. The highest BCUT2D eigenvalue weighted by atomic mass is 33.5. The molecular formula is C2HNO3S3. The van der Waals surface area contributed by atoms with Crippen LogP contribution >= 0.6 is 30.4 Å². The average Bonchev–Trinajstić information content (AvgIpc) is 2.12. The second-order valence-electron chi connectivity index (χ2n) is 1.26. The van der Waals surface area contributed by atoms with E-state index in [1.165, 1.54) is 20.8 Å². The zero-order valence-electron chi connectivity index (χ0n) is 3.97. The van der Waals surface area contributed by atoms with Crippen LogP contribution in [0.3, 0.4) is 0 Å². The first-order valence-electron chi connectivity index (χ1n) is 1.96. The molecule has 2 heterocycles. The van der Waals surface area contributed by atoms with E-state index in [4.69, 9.17) is 8.37 Å². The molecule has 0 unspecified atom stereocenters. The fourth-order valence-corrected chi connectivity index (χ4v) is 5.16. The molecule has 2 rings (SSSR count). The van der Waals surface area contributed by atoms with Crippen molar-refractivity contribution in [3.8, 4) is 0 Å². The Bertz CT molecular complexity index is 183. The lowest BCUT2D eigenvalue weighted by molar-refractivity contribution is 0.130. The Labute approximate surface area is 60.0 Å². The van der Waals surface area contributed by atoms with E-state index in [9.17, 15) is 4.79 Å². The minimum atomic E-state index is -1.67. The second-order valence-corrected chi connectivity index (χ2v) is 6.76. The van der Waals surface area contributed by atoms with Crippen molar-refractivity contribution in [2.75, 3.05) is 0 Å². The van der Waals surface area contributed by atoms with Crippen LogP contribution in [0, 0.1) is 0 Å². The van der Waals surface area contributed by atoms with Gasteiger partial charge in [0.1, 0.15) is 0 Å². The highest BCUT2D eigenvalue weighted by Gasteiger charge is 2.43. The molecule has 0 aromatic heterocycles. The van der Waals surface area contributed by atoms with Gasteiger partial charge in [-0.05, 0) is 9.62 Å². The van der Waals surface area contributed by atoms with Gasteiger partial charge in [-0.15, -0.1) is 0 Å². The van der Waals surface area contributed by atoms with Crippen LogP contribution in [0.1, 0.15) is 0 Å². The number of rotatable bonds is 0. The maximum absolute atomic E-state index is 10.2. The van der Waals surface area contributed by atoms with E-state index in [1.54, 1.807) is 5.55 Å². The molecule has 7 heteroatoms. The number of nitrogens with zero attached hydrogens (tertiary/aromatic N) is 1. The van der Waals surface area contributed by atoms with Gasteiger partial charge in [0.15, 0.2) is 5.55 Å². The van der Waals surface area contributed by atoms with Crippen LogP contribution in [0.5, 0.6) is 0 Å². The van der Waals surface area contributed by atoms with E-state index in [1.807, 2.05) is 0 Å². The van der Waals surface area contributed by atoms with Crippen LogP contribution in [-0.2, 0) is 8.37 Å². The van der Waals surface area contributed by atoms with Crippen molar-refractivity contribution in [3.63, 3.8) is 0 Å². The molecule has 0 aromatic carbocycles. The zero-order chi connectivity index (χ0) is 6.32. The van der Waals surface area contributed by atoms with Gasteiger partial charge in [-0.3, -0.25) is 8.37 Å². The third-order valence-corrected chi connectivity index (χ3v) is 6.32. The lowest BCUT2D eigenvalue weighted by Crippen LogP contribution is -2.23. The molecule has 9 heavy (non-hydrogen) atoms. The summed E-state index contributed by atoms with van der Waals surface area (Å²) in [6.45, 7) is 0. The van der Waals surface area contributed by atoms with E-state index >= 15 is 0 Å². The van der Waals surface area contributed by atoms with E-state index in [2.05, 4.69) is 4.40 Å². The predicted octanol–water partition coefficient (Wildman–Crippen LogP) is 2.04. The molecule has 2 aliphatic rings. The summed E-state index contributed by atoms with van der Waals surface area (Å²) in [5, 5.41) is 0. The maximum Gasteiger partial charge on any atom is 0.556 e. The Balaban J connectivity index is 2.12. The highest BCUT2D eigenvalue weighted by Crippen LogP contribution is 2.73. The monoisotopic (exact) mass is 183 g/mol. The summed E-state index contributed by atoms with van der Waals surface area (Å²) in [7, 11) is 0.956. The van der Waals surface area contributed by atoms with Crippen molar-refractivity contribution >= 4 is 42.1 Å². The van der Waals surface area contributed by atoms with Crippen molar-refractivity contribution in [1.82, 2.24) is 0 Å². The van der Waals surface area contributed by atoms with Gasteiger partial charge in [0.05, 0.1) is 20.8 Å². The van der Waals surface area contributed by atoms with E-state index in [-0.39, 0.29) is 0 Å². The number of hydrogen-bond acceptors (Lipinski definition) is 6. The van der Waals surface area contributed by atoms with Crippen molar-refractivity contribution < 1.29 is 13.2 Å². The van der Waals surface area contributed by atoms with Crippen LogP contribution in [0.2, 0.25) is 0 Å². The topological polar surface area (TPSA) is 47.9 Å². The summed E-state index contributed by atoms with van der Waals surface area (Å²) >= 11 is 0. The van der Waals surface area contributed by atoms with E-state index in [0.29, 0.717) is 0 Å². The van der Waals surface area contributed by atoms with E-state index < -0.39 is 15.8 Å². The van der Waals surface area contributed by atoms with Gasteiger partial charge in [0.2, 0.25) is 0 Å². The Hall–Kier alpha value is -0.0100. The summed E-state index contributed by atoms with van der Waals surface area (Å²) in [5.41, 5.74) is 1.55. The summed E-state index contributed by atoms with van der Waals surface area (Å²) in [5.74, 6) is 0. The molecular weight excluding hydrogens is 182 g/mol. The van der Waals surface area contributed by atoms with Crippen molar-refractivity contribution in [1.29, 1.82) is 0 Å². The molecule has 0 N–H and O–H groups in total. The standard InChI is InChI=1S/C2HNO3S3/c4-2-5-9(6-2)1-3-7-8-9/h1H. The zero-order valence-corrected chi connectivity index (χ0v) is 6.42. The summed E-state index contributed by atoms with van der Waals surface area (Å²) in [6.07, 6.45) is -0.591. The third kappa shape index (κ3) is 0.795. The van der Waals surface area contributed by atoms with Crippen LogP contribution in [-0.4, -0.2) is 11.7 Å². The third-order valence-electron chi connectivity index (χ3n) is 0.709. The minimum Gasteiger partial charge on any atom is -0.292 e. The lowest BCUT2D eigenvalue weighted by atomic mass is 11.5. The van der Waals surface area contributed by atoms with Crippen molar-refractivity contribution in [2.24, 2.45) is 4.40 Å². The molecule has 0 atom stereocenters. The Kier molecular flexibility index (Phi) is 1.11. The molecule has 2 aliphatic heterocycles. The fourth-order valence-electron chi connectivity index (χ4n) is 0.415. The Morgan fingerprint density at radius 3 is 2.89 bits per heavy atom.